The van der Waals surface area contributed by atoms with Gasteiger partial charge in [0.15, 0.2) is 0 Å². The van der Waals surface area contributed by atoms with Gasteiger partial charge in [-0.15, -0.1) is 0 Å². The van der Waals surface area contributed by atoms with Gasteiger partial charge in [0.25, 0.3) is 0 Å². The normalized spacial score (nSPS) is 12.8. The zero-order valence-corrected chi connectivity index (χ0v) is 15.0. The lowest BCUT2D eigenvalue weighted by molar-refractivity contribution is -0.139. The molecule has 1 aromatic heterocycles. The maximum Gasteiger partial charge on any atom is 0.423 e. The van der Waals surface area contributed by atoms with Gasteiger partial charge < -0.3 is 9.64 Å². The fourth-order valence-electron chi connectivity index (χ4n) is 1.88. The van der Waals surface area contributed by atoms with E-state index in [-0.39, 0.29) is 12.1 Å². The number of hydrogen-bond donors (Lipinski definition) is 0. The number of halogens is 4. The molecule has 2 aromatic rings. The second-order valence-electron chi connectivity index (χ2n) is 5.26. The molecule has 24 heavy (non-hydrogen) atoms. The lowest BCUT2D eigenvalue weighted by Gasteiger charge is -2.21. The molecule has 1 unspecified atom stereocenters. The highest BCUT2D eigenvalue weighted by molar-refractivity contribution is 9.10. The molecule has 8 heteroatoms. The first-order valence-electron chi connectivity index (χ1n) is 7.32. The van der Waals surface area contributed by atoms with Crippen molar-refractivity contribution in [2.45, 2.75) is 32.5 Å². The lowest BCUT2D eigenvalue weighted by atomic mass is 10.3. The van der Waals surface area contributed by atoms with Crippen molar-refractivity contribution in [2.75, 3.05) is 11.9 Å². The summed E-state index contributed by atoms with van der Waals surface area (Å²) in [5.74, 6) is -0.330. The standard InChI is InChI=1S/C16H17BrF3N3O/c1-4-10(2)24-14-13(16(18,19)20)9-21-15(22-14)23(3)12-7-5-6-11(17)8-12/h5-10H,4H2,1-3H3. The summed E-state index contributed by atoms with van der Waals surface area (Å²) in [4.78, 5) is 9.43. The minimum absolute atomic E-state index is 0.124. The van der Waals surface area contributed by atoms with Crippen LogP contribution in [0.25, 0.3) is 0 Å². The fraction of sp³-hybridized carbons (Fsp3) is 0.375. The van der Waals surface area contributed by atoms with E-state index in [0.29, 0.717) is 6.42 Å². The topological polar surface area (TPSA) is 38.2 Å². The van der Waals surface area contributed by atoms with Crippen LogP contribution in [0.1, 0.15) is 25.8 Å². The van der Waals surface area contributed by atoms with Crippen molar-refractivity contribution in [3.05, 3.63) is 40.5 Å². The monoisotopic (exact) mass is 403 g/mol. The Kier molecular flexibility index (Phi) is 5.69. The fourth-order valence-corrected chi connectivity index (χ4v) is 2.26. The van der Waals surface area contributed by atoms with E-state index in [2.05, 4.69) is 25.9 Å². The van der Waals surface area contributed by atoms with Crippen molar-refractivity contribution in [2.24, 2.45) is 0 Å². The molecule has 1 atom stereocenters. The third kappa shape index (κ3) is 4.37. The molecule has 0 bridgehead atoms. The molecular formula is C16H17BrF3N3O. The van der Waals surface area contributed by atoms with Gasteiger partial charge in [-0.3, -0.25) is 0 Å². The molecule has 0 aliphatic heterocycles. The summed E-state index contributed by atoms with van der Waals surface area (Å²) in [6.45, 7) is 3.52. The molecule has 1 heterocycles. The van der Waals surface area contributed by atoms with Crippen LogP contribution in [0.15, 0.2) is 34.9 Å². The zero-order chi connectivity index (χ0) is 17.9. The Morgan fingerprint density at radius 3 is 2.62 bits per heavy atom. The number of benzene rings is 1. The minimum Gasteiger partial charge on any atom is -0.474 e. The summed E-state index contributed by atoms with van der Waals surface area (Å²) < 4.78 is 45.6. The Labute approximate surface area is 146 Å². The van der Waals surface area contributed by atoms with E-state index in [0.717, 1.165) is 16.4 Å². The third-order valence-electron chi connectivity index (χ3n) is 3.43. The predicted molar refractivity (Wildman–Crippen MR) is 89.6 cm³/mol. The summed E-state index contributed by atoms with van der Waals surface area (Å²) in [6.07, 6.45) is -3.63. The van der Waals surface area contributed by atoms with E-state index >= 15 is 0 Å². The molecule has 2 rings (SSSR count). The number of hydrogen-bond acceptors (Lipinski definition) is 4. The minimum atomic E-state index is -4.57. The Morgan fingerprint density at radius 1 is 1.33 bits per heavy atom. The van der Waals surface area contributed by atoms with Gasteiger partial charge in [0.05, 0.1) is 6.10 Å². The molecule has 0 saturated heterocycles. The summed E-state index contributed by atoms with van der Waals surface area (Å²) in [7, 11) is 1.68. The van der Waals surface area contributed by atoms with Gasteiger partial charge in [-0.2, -0.15) is 18.2 Å². The van der Waals surface area contributed by atoms with E-state index < -0.39 is 17.6 Å². The number of aromatic nitrogens is 2. The molecule has 0 fully saturated rings. The quantitative estimate of drug-likeness (QED) is 0.687. The third-order valence-corrected chi connectivity index (χ3v) is 3.92. The van der Waals surface area contributed by atoms with Gasteiger partial charge in [0.2, 0.25) is 11.8 Å². The zero-order valence-electron chi connectivity index (χ0n) is 13.4. The van der Waals surface area contributed by atoms with Crippen LogP contribution in [-0.2, 0) is 6.18 Å². The number of rotatable bonds is 5. The van der Waals surface area contributed by atoms with Crippen LogP contribution in [-0.4, -0.2) is 23.1 Å². The predicted octanol–water partition coefficient (Wildman–Crippen LogP) is 5.20. The van der Waals surface area contributed by atoms with Gasteiger partial charge in [0.1, 0.15) is 5.56 Å². The van der Waals surface area contributed by atoms with Crippen LogP contribution in [0.3, 0.4) is 0 Å². The lowest BCUT2D eigenvalue weighted by Crippen LogP contribution is -2.19. The largest absolute Gasteiger partial charge is 0.474 e. The van der Waals surface area contributed by atoms with Gasteiger partial charge in [-0.1, -0.05) is 28.9 Å². The second-order valence-corrected chi connectivity index (χ2v) is 6.18. The number of nitrogens with zero attached hydrogens (tertiary/aromatic N) is 3. The number of alkyl halides is 3. The van der Waals surface area contributed by atoms with Crippen molar-refractivity contribution in [1.29, 1.82) is 0 Å². The van der Waals surface area contributed by atoms with E-state index in [1.54, 1.807) is 24.9 Å². The molecule has 0 aliphatic carbocycles. The first kappa shape index (κ1) is 18.5. The molecule has 130 valence electrons. The molecule has 0 spiro atoms. The van der Waals surface area contributed by atoms with Crippen molar-refractivity contribution >= 4 is 27.6 Å². The maximum atomic E-state index is 13.1. The Balaban J connectivity index is 2.43. The summed E-state index contributed by atoms with van der Waals surface area (Å²) >= 11 is 3.36. The molecule has 0 radical (unpaired) electrons. The highest BCUT2D eigenvalue weighted by Gasteiger charge is 2.37. The van der Waals surface area contributed by atoms with Crippen LogP contribution in [0.5, 0.6) is 5.88 Å². The molecule has 0 N–H and O–H groups in total. The van der Waals surface area contributed by atoms with Crippen molar-refractivity contribution in [3.63, 3.8) is 0 Å². The van der Waals surface area contributed by atoms with E-state index in [4.69, 9.17) is 4.74 Å². The SMILES string of the molecule is CCC(C)Oc1nc(N(C)c2cccc(Br)c2)ncc1C(F)(F)F. The average molecular weight is 404 g/mol. The molecule has 4 nitrogen and oxygen atoms in total. The van der Waals surface area contributed by atoms with Crippen LogP contribution >= 0.6 is 15.9 Å². The Bertz CT molecular complexity index is 709. The molecule has 0 amide bonds. The van der Waals surface area contributed by atoms with E-state index in [9.17, 15) is 13.2 Å². The molecule has 0 aliphatic rings. The van der Waals surface area contributed by atoms with Gasteiger partial charge in [-0.25, -0.2) is 4.98 Å². The highest BCUT2D eigenvalue weighted by atomic mass is 79.9. The summed E-state index contributed by atoms with van der Waals surface area (Å²) in [5, 5.41) is 0. The second kappa shape index (κ2) is 7.38. The Morgan fingerprint density at radius 2 is 2.04 bits per heavy atom. The van der Waals surface area contributed by atoms with E-state index in [1.165, 1.54) is 0 Å². The summed E-state index contributed by atoms with van der Waals surface area (Å²) in [6, 6.07) is 7.29. The first-order chi connectivity index (χ1) is 11.2. The van der Waals surface area contributed by atoms with Crippen molar-refractivity contribution < 1.29 is 17.9 Å². The van der Waals surface area contributed by atoms with Crippen molar-refractivity contribution in [1.82, 2.24) is 9.97 Å². The first-order valence-corrected chi connectivity index (χ1v) is 8.11. The number of anilines is 2. The van der Waals surface area contributed by atoms with Crippen LogP contribution in [0, 0.1) is 0 Å². The summed E-state index contributed by atoms with van der Waals surface area (Å²) in [5.41, 5.74) is -0.243. The molecule has 1 aromatic carbocycles. The van der Waals surface area contributed by atoms with Gasteiger partial charge >= 0.3 is 6.18 Å². The molecular weight excluding hydrogens is 387 g/mol. The smallest absolute Gasteiger partial charge is 0.423 e. The maximum absolute atomic E-state index is 13.1. The van der Waals surface area contributed by atoms with Gasteiger partial charge in [-0.05, 0) is 31.5 Å². The van der Waals surface area contributed by atoms with Crippen LogP contribution < -0.4 is 9.64 Å². The van der Waals surface area contributed by atoms with Crippen LogP contribution in [0.2, 0.25) is 0 Å². The Hall–Kier alpha value is -1.83. The van der Waals surface area contributed by atoms with Gasteiger partial charge in [0, 0.05) is 23.4 Å². The van der Waals surface area contributed by atoms with Crippen molar-refractivity contribution in [3.8, 4) is 5.88 Å². The molecule has 0 saturated carbocycles. The van der Waals surface area contributed by atoms with E-state index in [1.807, 2.05) is 25.1 Å². The highest BCUT2D eigenvalue weighted by Crippen LogP contribution is 2.36. The number of ether oxygens (including phenoxy) is 1. The average Bonchev–Trinajstić information content (AvgIpc) is 2.52. The van der Waals surface area contributed by atoms with Crippen LogP contribution in [0.4, 0.5) is 24.8 Å².